The van der Waals surface area contributed by atoms with Gasteiger partial charge < -0.3 is 24.4 Å². The number of hydrogen-bond acceptors (Lipinski definition) is 8. The molecular formula is C27H39N3O6S. The number of amides is 2. The summed E-state index contributed by atoms with van der Waals surface area (Å²) in [5.41, 5.74) is 0. The highest BCUT2D eigenvalue weighted by Crippen LogP contribution is 2.65. The molecule has 5 heterocycles. The van der Waals surface area contributed by atoms with E-state index >= 15 is 0 Å². The van der Waals surface area contributed by atoms with E-state index in [1.165, 1.54) is 0 Å². The molecule has 5 rings (SSSR count). The van der Waals surface area contributed by atoms with E-state index in [0.717, 1.165) is 26.1 Å². The van der Waals surface area contributed by atoms with Gasteiger partial charge in [-0.05, 0) is 18.9 Å². The van der Waals surface area contributed by atoms with Crippen molar-refractivity contribution in [3.63, 3.8) is 0 Å². The standard InChI is InChI=1S/C27H39N3O6S/c1-4-18(2)19(17-31)30-22-24(33)29(11-10-28-12-15-35-16-13-28)9-5-8-27(22)20(23(30)32)21-25(34)36-14-6-7-26(21,3)37-27/h5-8,18-22,31H,4,9-17H2,1-3H3/t18-,19-,20-,21+,22?,26-,27-/m0/s1. The van der Waals surface area contributed by atoms with Crippen LogP contribution in [-0.2, 0) is 23.9 Å². The summed E-state index contributed by atoms with van der Waals surface area (Å²) in [4.78, 5) is 47.8. The van der Waals surface area contributed by atoms with Crippen molar-refractivity contribution in [3.05, 3.63) is 24.3 Å². The Balaban J connectivity index is 1.55. The molecular weight excluding hydrogens is 494 g/mol. The Morgan fingerprint density at radius 1 is 1.11 bits per heavy atom. The number of rotatable bonds is 7. The van der Waals surface area contributed by atoms with Crippen molar-refractivity contribution in [2.75, 3.05) is 59.2 Å². The van der Waals surface area contributed by atoms with Crippen LogP contribution in [0.5, 0.6) is 0 Å². The summed E-state index contributed by atoms with van der Waals surface area (Å²) >= 11 is 1.54. The predicted molar refractivity (Wildman–Crippen MR) is 140 cm³/mol. The molecule has 3 fully saturated rings. The number of likely N-dealkylation sites (tertiary alicyclic amines) is 1. The van der Waals surface area contributed by atoms with Crippen LogP contribution < -0.4 is 0 Å². The van der Waals surface area contributed by atoms with E-state index in [0.29, 0.717) is 26.3 Å². The normalized spacial score (nSPS) is 37.5. The third kappa shape index (κ3) is 4.33. The van der Waals surface area contributed by atoms with Gasteiger partial charge in [0.1, 0.15) is 12.6 Å². The molecule has 0 aromatic rings. The number of morpholine rings is 1. The second-order valence-corrected chi connectivity index (χ2v) is 12.8. The number of aliphatic hydroxyl groups is 1. The zero-order valence-electron chi connectivity index (χ0n) is 22.0. The highest BCUT2D eigenvalue weighted by atomic mass is 32.2. The van der Waals surface area contributed by atoms with E-state index in [4.69, 9.17) is 9.47 Å². The minimum Gasteiger partial charge on any atom is -0.461 e. The number of aliphatic hydroxyl groups excluding tert-OH is 1. The summed E-state index contributed by atoms with van der Waals surface area (Å²) in [5.74, 6) is -2.19. The van der Waals surface area contributed by atoms with Crippen LogP contribution in [0, 0.1) is 17.8 Å². The Kier molecular flexibility index (Phi) is 7.48. The number of cyclic esters (lactones) is 1. The van der Waals surface area contributed by atoms with Crippen molar-refractivity contribution in [1.29, 1.82) is 0 Å². The first-order chi connectivity index (χ1) is 17.8. The first kappa shape index (κ1) is 26.7. The Labute approximate surface area is 223 Å². The van der Waals surface area contributed by atoms with Crippen molar-refractivity contribution in [2.45, 2.75) is 48.8 Å². The Hall–Kier alpha value is -1.88. The second-order valence-electron chi connectivity index (χ2n) is 11.1. The van der Waals surface area contributed by atoms with Gasteiger partial charge in [-0.25, -0.2) is 0 Å². The van der Waals surface area contributed by atoms with Crippen LogP contribution in [0.1, 0.15) is 27.2 Å². The number of carbonyl (C=O) groups is 3. The average Bonchev–Trinajstić information content (AvgIpc) is 3.15. The van der Waals surface area contributed by atoms with E-state index in [9.17, 15) is 19.5 Å². The summed E-state index contributed by atoms with van der Waals surface area (Å²) in [6.07, 6.45) is 8.58. The van der Waals surface area contributed by atoms with Crippen molar-refractivity contribution in [2.24, 2.45) is 17.8 Å². The van der Waals surface area contributed by atoms with Gasteiger partial charge in [0.05, 0.1) is 42.4 Å². The molecule has 0 aliphatic carbocycles. The minimum atomic E-state index is -0.914. The average molecular weight is 534 g/mol. The smallest absolute Gasteiger partial charge is 0.311 e. The van der Waals surface area contributed by atoms with Crippen LogP contribution in [0.2, 0.25) is 0 Å². The highest BCUT2D eigenvalue weighted by Gasteiger charge is 2.74. The molecule has 0 aromatic heterocycles. The van der Waals surface area contributed by atoms with Crippen molar-refractivity contribution in [1.82, 2.24) is 14.7 Å². The summed E-state index contributed by atoms with van der Waals surface area (Å²) < 4.78 is 9.37. The van der Waals surface area contributed by atoms with Crippen LogP contribution in [0.15, 0.2) is 24.3 Å². The van der Waals surface area contributed by atoms with Crippen LogP contribution in [0.4, 0.5) is 0 Å². The first-order valence-corrected chi connectivity index (χ1v) is 14.3. The molecule has 5 aliphatic rings. The number of fused-ring (bicyclic) bond motifs is 2. The molecule has 0 radical (unpaired) electrons. The number of ether oxygens (including phenoxy) is 2. The molecule has 5 aliphatic heterocycles. The van der Waals surface area contributed by atoms with E-state index < -0.39 is 39.4 Å². The van der Waals surface area contributed by atoms with Crippen LogP contribution in [-0.4, -0.2) is 118 Å². The van der Waals surface area contributed by atoms with Crippen LogP contribution in [0.3, 0.4) is 0 Å². The van der Waals surface area contributed by atoms with Gasteiger partial charge in [0.15, 0.2) is 0 Å². The number of hydrogen-bond donors (Lipinski definition) is 1. The van der Waals surface area contributed by atoms with Crippen molar-refractivity contribution >= 4 is 29.5 Å². The zero-order chi connectivity index (χ0) is 26.4. The predicted octanol–water partition coefficient (Wildman–Crippen LogP) is 0.925. The topological polar surface area (TPSA) is 99.6 Å². The first-order valence-electron chi connectivity index (χ1n) is 13.5. The maximum atomic E-state index is 14.4. The number of nitrogens with zero attached hydrogens (tertiary/aromatic N) is 3. The molecule has 1 N–H and O–H groups in total. The molecule has 0 saturated carbocycles. The Morgan fingerprint density at radius 2 is 1.86 bits per heavy atom. The van der Waals surface area contributed by atoms with Crippen LogP contribution in [0.25, 0.3) is 0 Å². The molecule has 204 valence electrons. The molecule has 1 unspecified atom stereocenters. The number of thioether (sulfide) groups is 1. The number of carbonyl (C=O) groups excluding carboxylic acids is 3. The summed E-state index contributed by atoms with van der Waals surface area (Å²) in [5, 5.41) is 10.5. The fourth-order valence-corrected chi connectivity index (χ4v) is 8.94. The molecule has 0 bridgehead atoms. The minimum absolute atomic E-state index is 0.0102. The van der Waals surface area contributed by atoms with Gasteiger partial charge in [-0.15, -0.1) is 11.8 Å². The third-order valence-electron chi connectivity index (χ3n) is 8.97. The molecule has 9 nitrogen and oxygen atoms in total. The SMILES string of the molecule is CC[C@H](C)[C@H](CO)N1C(=O)[C@@H]2[C@@H]3C(=O)OCC=C[C@]3(C)S[C@@]23C=CCN(CCN2CCOCC2)C(=O)C13. The van der Waals surface area contributed by atoms with E-state index in [1.54, 1.807) is 16.7 Å². The van der Waals surface area contributed by atoms with Gasteiger partial charge in [0.25, 0.3) is 0 Å². The monoisotopic (exact) mass is 533 g/mol. The lowest BCUT2D eigenvalue weighted by atomic mass is 9.75. The van der Waals surface area contributed by atoms with Crippen molar-refractivity contribution in [3.8, 4) is 0 Å². The van der Waals surface area contributed by atoms with Gasteiger partial charge >= 0.3 is 5.97 Å². The van der Waals surface area contributed by atoms with Gasteiger partial charge in [0, 0.05) is 37.5 Å². The lowest BCUT2D eigenvalue weighted by Gasteiger charge is -2.41. The summed E-state index contributed by atoms with van der Waals surface area (Å²) in [6, 6.07) is -1.31. The van der Waals surface area contributed by atoms with E-state index in [2.05, 4.69) is 4.90 Å². The summed E-state index contributed by atoms with van der Waals surface area (Å²) in [6.45, 7) is 10.7. The largest absolute Gasteiger partial charge is 0.461 e. The van der Waals surface area contributed by atoms with Gasteiger partial charge in [0.2, 0.25) is 11.8 Å². The second kappa shape index (κ2) is 10.4. The van der Waals surface area contributed by atoms with Crippen molar-refractivity contribution < 1.29 is 29.0 Å². The quantitative estimate of drug-likeness (QED) is 0.381. The van der Waals surface area contributed by atoms with E-state index in [-0.39, 0.29) is 30.9 Å². The Bertz CT molecular complexity index is 983. The molecule has 1 spiro atoms. The van der Waals surface area contributed by atoms with E-state index in [1.807, 2.05) is 50.0 Å². The fourth-order valence-electron chi connectivity index (χ4n) is 6.80. The molecule has 10 heteroatoms. The molecule has 7 atom stereocenters. The molecule has 2 amide bonds. The maximum absolute atomic E-state index is 14.4. The maximum Gasteiger partial charge on any atom is 0.311 e. The summed E-state index contributed by atoms with van der Waals surface area (Å²) in [7, 11) is 0. The van der Waals surface area contributed by atoms with Crippen LogP contribution >= 0.6 is 11.8 Å². The fraction of sp³-hybridized carbons (Fsp3) is 0.741. The third-order valence-corrected chi connectivity index (χ3v) is 10.8. The molecule has 37 heavy (non-hydrogen) atoms. The van der Waals surface area contributed by atoms with Gasteiger partial charge in [-0.3, -0.25) is 19.3 Å². The lowest BCUT2D eigenvalue weighted by Crippen LogP contribution is -2.58. The molecule has 0 aromatic carbocycles. The number of esters is 1. The van der Waals surface area contributed by atoms with Gasteiger partial charge in [-0.1, -0.05) is 38.5 Å². The molecule has 3 saturated heterocycles. The highest BCUT2D eigenvalue weighted by molar-refractivity contribution is 8.02. The lowest BCUT2D eigenvalue weighted by molar-refractivity contribution is -0.153. The zero-order valence-corrected chi connectivity index (χ0v) is 22.8. The Morgan fingerprint density at radius 3 is 2.57 bits per heavy atom. The van der Waals surface area contributed by atoms with Gasteiger partial charge in [-0.2, -0.15) is 0 Å².